The van der Waals surface area contributed by atoms with Gasteiger partial charge in [-0.05, 0) is 11.6 Å². The first-order valence-corrected chi connectivity index (χ1v) is 10.1. The van der Waals surface area contributed by atoms with E-state index in [0.29, 0.717) is 17.2 Å². The number of hydrogen-bond acceptors (Lipinski definition) is 8. The quantitative estimate of drug-likeness (QED) is 0.686. The molecule has 1 N–H and O–H groups in total. The molecular formula is C20H19N5O2S. The number of thiophene rings is 1. The van der Waals surface area contributed by atoms with E-state index < -0.39 is 0 Å². The summed E-state index contributed by atoms with van der Waals surface area (Å²) < 4.78 is 6.45. The Morgan fingerprint density at radius 3 is 3.00 bits per heavy atom. The van der Waals surface area contributed by atoms with Gasteiger partial charge in [-0.25, -0.2) is 9.97 Å². The Morgan fingerprint density at radius 2 is 2.14 bits per heavy atom. The molecule has 7 nitrogen and oxygen atoms in total. The molecule has 28 heavy (non-hydrogen) atoms. The van der Waals surface area contributed by atoms with Crippen molar-refractivity contribution in [2.45, 2.75) is 13.1 Å². The van der Waals surface area contributed by atoms with Crippen molar-refractivity contribution in [3.8, 4) is 11.4 Å². The Bertz CT molecular complexity index is 1070. The number of morpholine rings is 1. The van der Waals surface area contributed by atoms with Crippen LogP contribution in [0.5, 0.6) is 0 Å². The van der Waals surface area contributed by atoms with Gasteiger partial charge in [0, 0.05) is 30.8 Å². The Hall–Kier alpha value is -2.68. The molecule has 2 aromatic heterocycles. The Kier molecular flexibility index (Phi) is 4.59. The predicted octanol–water partition coefficient (Wildman–Crippen LogP) is 2.44. The first-order chi connectivity index (χ1) is 13.8. The number of aldehydes is 1. The SMILES string of the molecule is O=Cc1cc2nc(-c3cccc4c3C=NNC4)nc(CN3CCOCC3)c2s1. The maximum absolute atomic E-state index is 11.3. The van der Waals surface area contributed by atoms with E-state index in [1.54, 1.807) is 0 Å². The van der Waals surface area contributed by atoms with E-state index in [9.17, 15) is 4.79 Å². The van der Waals surface area contributed by atoms with Crippen LogP contribution in [0, 0.1) is 0 Å². The third-order valence-electron chi connectivity index (χ3n) is 5.05. The molecule has 2 aliphatic rings. The molecule has 1 fully saturated rings. The van der Waals surface area contributed by atoms with Crippen molar-refractivity contribution in [2.24, 2.45) is 5.10 Å². The van der Waals surface area contributed by atoms with Crippen molar-refractivity contribution in [3.05, 3.63) is 46.0 Å². The van der Waals surface area contributed by atoms with Crippen molar-refractivity contribution in [3.63, 3.8) is 0 Å². The lowest BCUT2D eigenvalue weighted by molar-refractivity contribution is 0.0339. The van der Waals surface area contributed by atoms with E-state index in [-0.39, 0.29) is 0 Å². The highest BCUT2D eigenvalue weighted by molar-refractivity contribution is 7.20. The van der Waals surface area contributed by atoms with Crippen LogP contribution in [0.1, 0.15) is 26.5 Å². The lowest BCUT2D eigenvalue weighted by Crippen LogP contribution is -2.35. The molecule has 2 aliphatic heterocycles. The molecule has 0 spiro atoms. The topological polar surface area (TPSA) is 79.7 Å². The van der Waals surface area contributed by atoms with Gasteiger partial charge in [-0.2, -0.15) is 5.10 Å². The number of carbonyl (C=O) groups excluding carboxylic acids is 1. The van der Waals surface area contributed by atoms with Crippen LogP contribution in [-0.2, 0) is 17.8 Å². The van der Waals surface area contributed by atoms with Crippen LogP contribution < -0.4 is 5.43 Å². The highest BCUT2D eigenvalue weighted by atomic mass is 32.1. The molecule has 0 atom stereocenters. The Morgan fingerprint density at radius 1 is 1.25 bits per heavy atom. The summed E-state index contributed by atoms with van der Waals surface area (Å²) in [6, 6.07) is 7.99. The zero-order chi connectivity index (χ0) is 18.9. The minimum atomic E-state index is 0.672. The Balaban J connectivity index is 1.64. The fraction of sp³-hybridized carbons (Fsp3) is 0.300. The average molecular weight is 393 g/mol. The third kappa shape index (κ3) is 3.19. The molecule has 3 aromatic rings. The van der Waals surface area contributed by atoms with E-state index in [4.69, 9.17) is 14.7 Å². The van der Waals surface area contributed by atoms with Crippen molar-refractivity contribution in [2.75, 3.05) is 26.3 Å². The fourth-order valence-corrected chi connectivity index (χ4v) is 4.51. The van der Waals surface area contributed by atoms with Gasteiger partial charge in [0.15, 0.2) is 12.1 Å². The molecule has 0 bridgehead atoms. The molecule has 0 amide bonds. The number of nitrogens with zero attached hydrogens (tertiary/aromatic N) is 4. The van der Waals surface area contributed by atoms with Crippen LogP contribution in [0.3, 0.4) is 0 Å². The van der Waals surface area contributed by atoms with Crippen LogP contribution in [0.4, 0.5) is 0 Å². The van der Waals surface area contributed by atoms with Gasteiger partial charge in [-0.15, -0.1) is 11.3 Å². The standard InChI is InChI=1S/C20H19N5O2S/c26-12-14-8-17-19(28-14)18(11-25-4-6-27-7-5-25)24-20(23-17)15-3-1-2-13-9-21-22-10-16(13)15/h1-3,8,10,12,21H,4-7,9,11H2. The number of benzene rings is 1. The number of hydrazone groups is 1. The van der Waals surface area contributed by atoms with Gasteiger partial charge >= 0.3 is 0 Å². The van der Waals surface area contributed by atoms with Gasteiger partial charge in [-0.1, -0.05) is 18.2 Å². The lowest BCUT2D eigenvalue weighted by atomic mass is 10.0. The Labute approximate surface area is 166 Å². The molecule has 4 heterocycles. The van der Waals surface area contributed by atoms with Gasteiger partial charge < -0.3 is 10.2 Å². The van der Waals surface area contributed by atoms with Crippen molar-refractivity contribution < 1.29 is 9.53 Å². The summed E-state index contributed by atoms with van der Waals surface area (Å²) >= 11 is 1.46. The first-order valence-electron chi connectivity index (χ1n) is 9.26. The van der Waals surface area contributed by atoms with Crippen molar-refractivity contribution in [1.82, 2.24) is 20.3 Å². The fourth-order valence-electron chi connectivity index (χ4n) is 3.62. The molecule has 0 radical (unpaired) electrons. The molecule has 0 unspecified atom stereocenters. The number of aromatic nitrogens is 2. The second kappa shape index (κ2) is 7.38. The minimum absolute atomic E-state index is 0.672. The molecule has 8 heteroatoms. The van der Waals surface area contributed by atoms with E-state index in [2.05, 4.69) is 21.5 Å². The summed E-state index contributed by atoms with van der Waals surface area (Å²) in [5.74, 6) is 0.677. The second-order valence-electron chi connectivity index (χ2n) is 6.83. The average Bonchev–Trinajstić information content (AvgIpc) is 3.18. The van der Waals surface area contributed by atoms with Crippen LogP contribution in [-0.4, -0.2) is 53.7 Å². The molecule has 142 valence electrons. The van der Waals surface area contributed by atoms with Gasteiger partial charge in [-0.3, -0.25) is 9.69 Å². The van der Waals surface area contributed by atoms with E-state index in [1.807, 2.05) is 24.4 Å². The summed E-state index contributed by atoms with van der Waals surface area (Å²) in [7, 11) is 0. The molecule has 1 saturated heterocycles. The highest BCUT2D eigenvalue weighted by Gasteiger charge is 2.19. The van der Waals surface area contributed by atoms with E-state index in [0.717, 1.165) is 66.2 Å². The van der Waals surface area contributed by atoms with Crippen molar-refractivity contribution >= 4 is 34.1 Å². The van der Waals surface area contributed by atoms with Crippen LogP contribution in [0.25, 0.3) is 21.6 Å². The first kappa shape index (κ1) is 17.4. The summed E-state index contributed by atoms with van der Waals surface area (Å²) in [6.07, 6.45) is 2.71. The van der Waals surface area contributed by atoms with Crippen LogP contribution in [0.2, 0.25) is 0 Å². The summed E-state index contributed by atoms with van der Waals surface area (Å²) in [4.78, 5) is 24.1. The lowest BCUT2D eigenvalue weighted by Gasteiger charge is -2.26. The predicted molar refractivity (Wildman–Crippen MR) is 109 cm³/mol. The highest BCUT2D eigenvalue weighted by Crippen LogP contribution is 2.31. The number of hydrogen-bond donors (Lipinski definition) is 1. The van der Waals surface area contributed by atoms with Crippen LogP contribution in [0.15, 0.2) is 29.4 Å². The monoisotopic (exact) mass is 393 g/mol. The van der Waals surface area contributed by atoms with Gasteiger partial charge in [0.1, 0.15) is 0 Å². The largest absolute Gasteiger partial charge is 0.379 e. The molecule has 0 saturated carbocycles. The number of carbonyl (C=O) groups is 1. The molecule has 0 aliphatic carbocycles. The van der Waals surface area contributed by atoms with Gasteiger partial charge in [0.05, 0.1) is 46.8 Å². The minimum Gasteiger partial charge on any atom is -0.379 e. The second-order valence-corrected chi connectivity index (χ2v) is 7.92. The van der Waals surface area contributed by atoms with Gasteiger partial charge in [0.2, 0.25) is 0 Å². The normalized spacial score (nSPS) is 16.7. The number of nitrogens with one attached hydrogen (secondary N) is 1. The van der Waals surface area contributed by atoms with Crippen LogP contribution >= 0.6 is 11.3 Å². The maximum Gasteiger partial charge on any atom is 0.160 e. The summed E-state index contributed by atoms with van der Waals surface area (Å²) in [6.45, 7) is 4.65. The maximum atomic E-state index is 11.3. The zero-order valence-electron chi connectivity index (χ0n) is 15.2. The number of rotatable bonds is 4. The van der Waals surface area contributed by atoms with Gasteiger partial charge in [0.25, 0.3) is 0 Å². The molecule has 1 aromatic carbocycles. The smallest absolute Gasteiger partial charge is 0.160 e. The zero-order valence-corrected chi connectivity index (χ0v) is 16.0. The molecular weight excluding hydrogens is 374 g/mol. The summed E-state index contributed by atoms with van der Waals surface area (Å²) in [5.41, 5.74) is 7.96. The third-order valence-corrected chi connectivity index (χ3v) is 6.14. The number of fused-ring (bicyclic) bond motifs is 2. The summed E-state index contributed by atoms with van der Waals surface area (Å²) in [5, 5.41) is 4.20. The van der Waals surface area contributed by atoms with E-state index in [1.165, 1.54) is 16.9 Å². The molecule has 5 rings (SSSR count). The van der Waals surface area contributed by atoms with Crippen molar-refractivity contribution in [1.29, 1.82) is 0 Å². The van der Waals surface area contributed by atoms with E-state index >= 15 is 0 Å². The number of ether oxygens (including phenoxy) is 1.